The molecule has 3 aromatic rings. The first-order chi connectivity index (χ1) is 14.6. The zero-order valence-electron chi connectivity index (χ0n) is 17.4. The van der Waals surface area contributed by atoms with Gasteiger partial charge in [0.15, 0.2) is 11.5 Å². The van der Waals surface area contributed by atoms with Crippen LogP contribution in [-0.2, 0) is 13.2 Å². The third-order valence-electron chi connectivity index (χ3n) is 4.72. The van der Waals surface area contributed by atoms with Gasteiger partial charge in [-0.25, -0.2) is 0 Å². The van der Waals surface area contributed by atoms with Crippen LogP contribution in [0.2, 0.25) is 0 Å². The largest absolute Gasteiger partial charge is 0.490 e. The molecule has 0 bridgehead atoms. The molecule has 3 rings (SSSR count). The normalized spacial score (nSPS) is 11.9. The minimum atomic E-state index is -0.543. The zero-order chi connectivity index (χ0) is 21.3. The molecule has 0 heterocycles. The maximum Gasteiger partial charge on any atom is 0.175 e. The summed E-state index contributed by atoms with van der Waals surface area (Å²) in [6.07, 6.45) is -0.543. The quantitative estimate of drug-likeness (QED) is 0.408. The van der Waals surface area contributed by atoms with Crippen molar-refractivity contribution in [2.24, 2.45) is 0 Å². The number of rotatable bonds is 10. The first kappa shape index (κ1) is 22.3. The molecule has 0 radical (unpaired) electrons. The van der Waals surface area contributed by atoms with Crippen LogP contribution in [0.1, 0.15) is 35.3 Å². The fraction of sp³-hybridized carbons (Fsp3) is 0.280. The molecule has 0 aliphatic rings. The SMILES string of the molecule is CCOc1cc(CNCC(O)c2ccccc2)cc(Br)c1OCc1ccc(C)cc1. The first-order valence-corrected chi connectivity index (χ1v) is 10.9. The second-order valence-corrected chi connectivity index (χ2v) is 8.02. The number of benzene rings is 3. The van der Waals surface area contributed by atoms with Crippen LogP contribution in [0.3, 0.4) is 0 Å². The van der Waals surface area contributed by atoms with Gasteiger partial charge in [-0.1, -0.05) is 60.2 Å². The molecule has 30 heavy (non-hydrogen) atoms. The molecule has 158 valence electrons. The van der Waals surface area contributed by atoms with Crippen molar-refractivity contribution in [3.8, 4) is 11.5 Å². The van der Waals surface area contributed by atoms with Gasteiger partial charge in [0.25, 0.3) is 0 Å². The maximum absolute atomic E-state index is 10.3. The molecule has 0 aromatic heterocycles. The summed E-state index contributed by atoms with van der Waals surface area (Å²) in [6, 6.07) is 22.0. The van der Waals surface area contributed by atoms with Gasteiger partial charge in [0.05, 0.1) is 17.2 Å². The molecule has 4 nitrogen and oxygen atoms in total. The molecule has 3 aromatic carbocycles. The van der Waals surface area contributed by atoms with Crippen LogP contribution in [0.15, 0.2) is 71.2 Å². The number of aryl methyl sites for hydroxylation is 1. The Bertz CT molecular complexity index is 929. The third kappa shape index (κ3) is 6.33. The van der Waals surface area contributed by atoms with Gasteiger partial charge in [0.1, 0.15) is 6.61 Å². The molecule has 1 atom stereocenters. The highest BCUT2D eigenvalue weighted by Gasteiger charge is 2.13. The predicted octanol–water partition coefficient (Wildman–Crippen LogP) is 5.56. The van der Waals surface area contributed by atoms with Gasteiger partial charge in [0.2, 0.25) is 0 Å². The monoisotopic (exact) mass is 469 g/mol. The number of aliphatic hydroxyl groups excluding tert-OH is 1. The van der Waals surface area contributed by atoms with E-state index in [1.165, 1.54) is 5.56 Å². The Morgan fingerprint density at radius 2 is 1.70 bits per heavy atom. The van der Waals surface area contributed by atoms with Gasteiger partial charge in [-0.2, -0.15) is 0 Å². The summed E-state index contributed by atoms with van der Waals surface area (Å²) >= 11 is 3.63. The summed E-state index contributed by atoms with van der Waals surface area (Å²) in [5.41, 5.74) is 4.29. The molecule has 0 spiro atoms. The summed E-state index contributed by atoms with van der Waals surface area (Å²) in [4.78, 5) is 0. The Hall–Kier alpha value is -2.34. The minimum Gasteiger partial charge on any atom is -0.490 e. The van der Waals surface area contributed by atoms with Crippen molar-refractivity contribution in [2.75, 3.05) is 13.2 Å². The van der Waals surface area contributed by atoms with E-state index in [2.05, 4.69) is 52.4 Å². The second kappa shape index (κ2) is 11.2. The fourth-order valence-corrected chi connectivity index (χ4v) is 3.72. The smallest absolute Gasteiger partial charge is 0.175 e. The van der Waals surface area contributed by atoms with E-state index in [-0.39, 0.29) is 0 Å². The Morgan fingerprint density at radius 3 is 2.40 bits per heavy atom. The summed E-state index contributed by atoms with van der Waals surface area (Å²) in [5.74, 6) is 1.41. The summed E-state index contributed by atoms with van der Waals surface area (Å²) in [5, 5.41) is 13.6. The number of nitrogens with one attached hydrogen (secondary N) is 1. The first-order valence-electron chi connectivity index (χ1n) is 10.1. The van der Waals surface area contributed by atoms with Crippen LogP contribution >= 0.6 is 15.9 Å². The highest BCUT2D eigenvalue weighted by atomic mass is 79.9. The lowest BCUT2D eigenvalue weighted by molar-refractivity contribution is 0.174. The summed E-state index contributed by atoms with van der Waals surface area (Å²) in [7, 11) is 0. The Balaban J connectivity index is 1.64. The molecule has 0 aliphatic carbocycles. The van der Waals surface area contributed by atoms with Crippen molar-refractivity contribution >= 4 is 15.9 Å². The maximum atomic E-state index is 10.3. The second-order valence-electron chi connectivity index (χ2n) is 7.17. The van der Waals surface area contributed by atoms with Crippen molar-refractivity contribution in [3.05, 3.63) is 93.5 Å². The van der Waals surface area contributed by atoms with Crippen molar-refractivity contribution < 1.29 is 14.6 Å². The fourth-order valence-electron chi connectivity index (χ4n) is 3.11. The molecule has 0 saturated heterocycles. The summed E-state index contributed by atoms with van der Waals surface area (Å²) in [6.45, 7) is 6.13. The van der Waals surface area contributed by atoms with Crippen molar-refractivity contribution in [1.82, 2.24) is 5.32 Å². The van der Waals surface area contributed by atoms with Gasteiger partial charge in [-0.05, 0) is 58.6 Å². The van der Waals surface area contributed by atoms with Crippen molar-refractivity contribution in [1.29, 1.82) is 0 Å². The van der Waals surface area contributed by atoms with Gasteiger partial charge in [0, 0.05) is 13.1 Å². The average Bonchev–Trinajstić information content (AvgIpc) is 2.75. The molecule has 0 fully saturated rings. The van der Waals surface area contributed by atoms with Crippen LogP contribution in [0, 0.1) is 6.92 Å². The number of halogens is 1. The van der Waals surface area contributed by atoms with Gasteiger partial charge in [-0.15, -0.1) is 0 Å². The lowest BCUT2D eigenvalue weighted by Gasteiger charge is -2.17. The lowest BCUT2D eigenvalue weighted by Crippen LogP contribution is -2.21. The minimum absolute atomic E-state index is 0.470. The molecular formula is C25H28BrNO3. The van der Waals surface area contributed by atoms with Gasteiger partial charge in [-0.3, -0.25) is 0 Å². The van der Waals surface area contributed by atoms with E-state index in [9.17, 15) is 5.11 Å². The van der Waals surface area contributed by atoms with Crippen LogP contribution in [0.4, 0.5) is 0 Å². The number of hydrogen-bond acceptors (Lipinski definition) is 4. The van der Waals surface area contributed by atoms with E-state index in [0.29, 0.717) is 37.8 Å². The third-order valence-corrected chi connectivity index (χ3v) is 5.31. The van der Waals surface area contributed by atoms with Crippen LogP contribution in [0.5, 0.6) is 11.5 Å². The summed E-state index contributed by atoms with van der Waals surface area (Å²) < 4.78 is 12.7. The van der Waals surface area contributed by atoms with E-state index in [4.69, 9.17) is 9.47 Å². The number of ether oxygens (including phenoxy) is 2. The van der Waals surface area contributed by atoms with E-state index < -0.39 is 6.10 Å². The van der Waals surface area contributed by atoms with E-state index >= 15 is 0 Å². The topological polar surface area (TPSA) is 50.7 Å². The molecular weight excluding hydrogens is 442 g/mol. The molecule has 1 unspecified atom stereocenters. The van der Waals surface area contributed by atoms with E-state index in [0.717, 1.165) is 21.2 Å². The highest BCUT2D eigenvalue weighted by molar-refractivity contribution is 9.10. The lowest BCUT2D eigenvalue weighted by atomic mass is 10.1. The van der Waals surface area contributed by atoms with Crippen molar-refractivity contribution in [2.45, 2.75) is 33.1 Å². The zero-order valence-corrected chi connectivity index (χ0v) is 19.0. The van der Waals surface area contributed by atoms with Crippen LogP contribution in [0.25, 0.3) is 0 Å². The van der Waals surface area contributed by atoms with Crippen LogP contribution < -0.4 is 14.8 Å². The molecule has 0 amide bonds. The van der Waals surface area contributed by atoms with Crippen molar-refractivity contribution in [3.63, 3.8) is 0 Å². The molecule has 0 aliphatic heterocycles. The van der Waals surface area contributed by atoms with Crippen LogP contribution in [-0.4, -0.2) is 18.3 Å². The van der Waals surface area contributed by atoms with Gasteiger partial charge < -0.3 is 19.9 Å². The number of hydrogen-bond donors (Lipinski definition) is 2. The van der Waals surface area contributed by atoms with Gasteiger partial charge >= 0.3 is 0 Å². The average molecular weight is 470 g/mol. The predicted molar refractivity (Wildman–Crippen MR) is 124 cm³/mol. The Morgan fingerprint density at radius 1 is 0.967 bits per heavy atom. The molecule has 0 saturated carbocycles. The molecule has 2 N–H and O–H groups in total. The van der Waals surface area contributed by atoms with E-state index in [1.807, 2.05) is 49.4 Å². The Labute approximate surface area is 187 Å². The standard InChI is InChI=1S/C25H28BrNO3/c1-3-29-24-14-20(15-27-16-23(28)21-7-5-4-6-8-21)13-22(26)25(24)30-17-19-11-9-18(2)10-12-19/h4-14,23,27-28H,3,15-17H2,1-2H3. The Kier molecular flexibility index (Phi) is 8.31. The number of aliphatic hydroxyl groups is 1. The van der Waals surface area contributed by atoms with E-state index in [1.54, 1.807) is 0 Å². The molecule has 5 heteroatoms. The highest BCUT2D eigenvalue weighted by Crippen LogP contribution is 2.37.